The number of carbonyl (C=O) groups excluding carboxylic acids is 1. The molecule has 7 nitrogen and oxygen atoms in total. The average molecular weight is 461 g/mol. The number of rotatable bonds is 6. The van der Waals surface area contributed by atoms with Crippen LogP contribution in [0.25, 0.3) is 17.2 Å². The number of thioether (sulfide) groups is 1. The number of aryl methyl sites for hydroxylation is 2. The maximum Gasteiger partial charge on any atom is 0.234 e. The van der Waals surface area contributed by atoms with Crippen molar-refractivity contribution in [3.63, 3.8) is 0 Å². The molecular weight excluding hydrogens is 432 g/mol. The second-order valence-electron chi connectivity index (χ2n) is 8.65. The fourth-order valence-corrected chi connectivity index (χ4v) is 5.11. The zero-order valence-electron chi connectivity index (χ0n) is 19.2. The fourth-order valence-electron chi connectivity index (χ4n) is 4.25. The van der Waals surface area contributed by atoms with Gasteiger partial charge in [0.1, 0.15) is 11.2 Å². The van der Waals surface area contributed by atoms with E-state index < -0.39 is 10.8 Å². The first-order chi connectivity index (χ1) is 15.9. The summed E-state index contributed by atoms with van der Waals surface area (Å²) in [6.07, 6.45) is 6.17. The third kappa shape index (κ3) is 4.93. The summed E-state index contributed by atoms with van der Waals surface area (Å²) in [5.41, 5.74) is 3.14. The highest BCUT2D eigenvalue weighted by molar-refractivity contribution is 8.00. The third-order valence-electron chi connectivity index (χ3n) is 6.06. The average Bonchev–Trinajstić information content (AvgIpc) is 3.23. The number of benzene rings is 1. The van der Waals surface area contributed by atoms with Crippen LogP contribution in [0.5, 0.6) is 0 Å². The number of hydrogen-bond donors (Lipinski definition) is 1. The first-order valence-electron chi connectivity index (χ1n) is 11.3. The molecule has 1 atom stereocenters. The Labute approximate surface area is 198 Å². The van der Waals surface area contributed by atoms with Crippen molar-refractivity contribution in [1.82, 2.24) is 25.1 Å². The van der Waals surface area contributed by atoms with Crippen molar-refractivity contribution in [3.8, 4) is 23.3 Å². The molecule has 1 unspecified atom stereocenters. The Morgan fingerprint density at radius 3 is 2.64 bits per heavy atom. The molecule has 3 aromatic rings. The number of hydrogen-bond acceptors (Lipinski definition) is 6. The summed E-state index contributed by atoms with van der Waals surface area (Å²) in [7, 11) is 0. The second kappa shape index (κ2) is 9.75. The first-order valence-corrected chi connectivity index (χ1v) is 12.1. The van der Waals surface area contributed by atoms with Crippen molar-refractivity contribution >= 4 is 17.7 Å². The molecule has 0 saturated heterocycles. The Bertz CT molecular complexity index is 1180. The Morgan fingerprint density at radius 1 is 1.18 bits per heavy atom. The molecule has 170 valence electrons. The van der Waals surface area contributed by atoms with Crippen LogP contribution in [0.15, 0.2) is 47.8 Å². The van der Waals surface area contributed by atoms with E-state index in [0.717, 1.165) is 30.5 Å². The number of pyridine rings is 1. The van der Waals surface area contributed by atoms with Crippen molar-refractivity contribution in [1.29, 1.82) is 5.26 Å². The van der Waals surface area contributed by atoms with Crippen LogP contribution in [0.1, 0.15) is 50.2 Å². The predicted octanol–water partition coefficient (Wildman–Crippen LogP) is 4.77. The van der Waals surface area contributed by atoms with E-state index >= 15 is 0 Å². The highest BCUT2D eigenvalue weighted by Crippen LogP contribution is 2.32. The number of nitriles is 1. The molecular formula is C25H28N6OS. The minimum atomic E-state index is -0.759. The van der Waals surface area contributed by atoms with Gasteiger partial charge in [-0.15, -0.1) is 10.2 Å². The van der Waals surface area contributed by atoms with E-state index in [-0.39, 0.29) is 5.91 Å². The molecule has 1 aromatic carbocycles. The van der Waals surface area contributed by atoms with Gasteiger partial charge in [-0.25, -0.2) is 0 Å². The summed E-state index contributed by atoms with van der Waals surface area (Å²) < 4.78 is 1.96. The molecule has 1 amide bonds. The lowest BCUT2D eigenvalue weighted by Gasteiger charge is -2.32. The largest absolute Gasteiger partial charge is 0.337 e. The lowest BCUT2D eigenvalue weighted by molar-refractivity contribution is -0.121. The number of nitrogens with zero attached hydrogens (tertiary/aromatic N) is 5. The normalized spacial score (nSPS) is 16.1. The summed E-state index contributed by atoms with van der Waals surface area (Å²) in [6.45, 7) is 5.95. The van der Waals surface area contributed by atoms with Gasteiger partial charge >= 0.3 is 0 Å². The summed E-state index contributed by atoms with van der Waals surface area (Å²) in [4.78, 5) is 17.5. The van der Waals surface area contributed by atoms with Crippen LogP contribution < -0.4 is 5.32 Å². The van der Waals surface area contributed by atoms with Crippen molar-refractivity contribution in [2.75, 3.05) is 0 Å². The van der Waals surface area contributed by atoms with Gasteiger partial charge in [-0.3, -0.25) is 14.3 Å². The van der Waals surface area contributed by atoms with E-state index in [0.29, 0.717) is 29.5 Å². The molecule has 1 aliphatic carbocycles. The molecule has 0 bridgehead atoms. The fraction of sp³-hybridized carbons (Fsp3) is 0.400. The van der Waals surface area contributed by atoms with E-state index in [1.807, 2.05) is 35.8 Å². The van der Waals surface area contributed by atoms with Gasteiger partial charge in [0.15, 0.2) is 11.0 Å². The topological polar surface area (TPSA) is 96.5 Å². The molecule has 1 aliphatic rings. The Hall–Kier alpha value is -3.18. The summed E-state index contributed by atoms with van der Waals surface area (Å²) in [5, 5.41) is 21.8. The minimum absolute atomic E-state index is 0.155. The summed E-state index contributed by atoms with van der Waals surface area (Å²) in [5.74, 6) is 0.469. The molecule has 2 aromatic heterocycles. The summed E-state index contributed by atoms with van der Waals surface area (Å²) >= 11 is 1.34. The monoisotopic (exact) mass is 460 g/mol. The van der Waals surface area contributed by atoms with Crippen molar-refractivity contribution in [2.45, 2.75) is 68.8 Å². The Kier molecular flexibility index (Phi) is 6.80. The first kappa shape index (κ1) is 23.0. The number of nitrogens with one attached hydrogen (secondary N) is 1. The lowest BCUT2D eigenvalue weighted by Crippen LogP contribution is -2.50. The quantitative estimate of drug-likeness (QED) is 0.532. The maximum absolute atomic E-state index is 13.1. The molecule has 33 heavy (non-hydrogen) atoms. The van der Waals surface area contributed by atoms with Crippen LogP contribution >= 0.6 is 11.8 Å². The molecule has 0 aliphatic heterocycles. The van der Waals surface area contributed by atoms with Gasteiger partial charge in [-0.1, -0.05) is 54.8 Å². The molecule has 0 spiro atoms. The van der Waals surface area contributed by atoms with Crippen molar-refractivity contribution in [2.24, 2.45) is 0 Å². The van der Waals surface area contributed by atoms with Gasteiger partial charge in [-0.05, 0) is 57.4 Å². The molecule has 8 heteroatoms. The van der Waals surface area contributed by atoms with Crippen LogP contribution in [0, 0.1) is 25.2 Å². The predicted molar refractivity (Wildman–Crippen MR) is 129 cm³/mol. The molecule has 1 fully saturated rings. The van der Waals surface area contributed by atoms with Gasteiger partial charge in [0.2, 0.25) is 5.91 Å². The van der Waals surface area contributed by atoms with Crippen LogP contribution in [-0.2, 0) is 4.79 Å². The van der Waals surface area contributed by atoms with Gasteiger partial charge in [0.05, 0.1) is 17.0 Å². The van der Waals surface area contributed by atoms with Crippen LogP contribution in [0.4, 0.5) is 0 Å². The SMILES string of the molecule is Cc1ccc(-n2c(SC(C)C(=O)NC3(C#N)CCCCC3)nnc2-c2ccccn2)c(C)c1. The van der Waals surface area contributed by atoms with Crippen molar-refractivity contribution < 1.29 is 4.79 Å². The lowest BCUT2D eigenvalue weighted by atomic mass is 9.83. The van der Waals surface area contributed by atoms with Crippen molar-refractivity contribution in [3.05, 3.63) is 53.7 Å². The number of aromatic nitrogens is 4. The smallest absolute Gasteiger partial charge is 0.234 e. The van der Waals surface area contributed by atoms with E-state index in [1.165, 1.54) is 17.3 Å². The highest BCUT2D eigenvalue weighted by Gasteiger charge is 2.35. The molecule has 4 rings (SSSR count). The van der Waals surface area contributed by atoms with Crippen LogP contribution in [0.2, 0.25) is 0 Å². The Morgan fingerprint density at radius 2 is 1.97 bits per heavy atom. The zero-order valence-corrected chi connectivity index (χ0v) is 20.0. The second-order valence-corrected chi connectivity index (χ2v) is 9.96. The van der Waals surface area contributed by atoms with Crippen LogP contribution in [-0.4, -0.2) is 36.4 Å². The van der Waals surface area contributed by atoms with Crippen LogP contribution in [0.3, 0.4) is 0 Å². The van der Waals surface area contributed by atoms with Gasteiger partial charge < -0.3 is 5.32 Å². The summed E-state index contributed by atoms with van der Waals surface area (Å²) in [6, 6.07) is 14.2. The minimum Gasteiger partial charge on any atom is -0.337 e. The zero-order chi connectivity index (χ0) is 23.4. The number of amides is 1. The van der Waals surface area contributed by atoms with E-state index in [4.69, 9.17) is 0 Å². The molecule has 2 heterocycles. The van der Waals surface area contributed by atoms with E-state index in [1.54, 1.807) is 6.20 Å². The van der Waals surface area contributed by atoms with E-state index in [9.17, 15) is 10.1 Å². The van der Waals surface area contributed by atoms with Gasteiger partial charge in [0, 0.05) is 6.20 Å². The number of carbonyl (C=O) groups is 1. The van der Waals surface area contributed by atoms with Gasteiger partial charge in [0.25, 0.3) is 0 Å². The third-order valence-corrected chi connectivity index (χ3v) is 7.10. The standard InChI is InChI=1S/C25H28N6OS/c1-17-10-11-21(18(2)15-17)31-22(20-9-5-8-14-27-20)29-30-24(31)33-19(3)23(32)28-25(16-26)12-6-4-7-13-25/h5,8-11,14-15,19H,4,6-7,12-13H2,1-3H3,(H,28,32). The maximum atomic E-state index is 13.1. The Balaban J connectivity index is 1.66. The molecule has 0 radical (unpaired) electrons. The highest BCUT2D eigenvalue weighted by atomic mass is 32.2. The molecule has 1 N–H and O–H groups in total. The molecule has 1 saturated carbocycles. The van der Waals surface area contributed by atoms with E-state index in [2.05, 4.69) is 52.5 Å². The van der Waals surface area contributed by atoms with Gasteiger partial charge in [-0.2, -0.15) is 5.26 Å².